The Labute approximate surface area is 223 Å². The van der Waals surface area contributed by atoms with Gasteiger partial charge in [-0.1, -0.05) is 6.07 Å². The molecule has 0 saturated heterocycles. The van der Waals surface area contributed by atoms with Gasteiger partial charge in [0.2, 0.25) is 5.91 Å². The highest BCUT2D eigenvalue weighted by atomic mass is 32.2. The summed E-state index contributed by atoms with van der Waals surface area (Å²) in [6.07, 6.45) is 1.92. The summed E-state index contributed by atoms with van der Waals surface area (Å²) in [5.74, 6) is 1.38. The molecule has 0 aliphatic heterocycles. The van der Waals surface area contributed by atoms with Gasteiger partial charge in [0, 0.05) is 18.5 Å². The van der Waals surface area contributed by atoms with E-state index in [1.165, 1.54) is 16.7 Å². The van der Waals surface area contributed by atoms with Crippen molar-refractivity contribution >= 4 is 33.4 Å². The molecule has 0 aliphatic rings. The summed E-state index contributed by atoms with van der Waals surface area (Å²) in [7, 11) is 0.705. The molecule has 3 aromatic carbocycles. The molecule has 3 aromatic rings. The molecular formula is C27H32N2O6S2. The van der Waals surface area contributed by atoms with Gasteiger partial charge in [-0.25, -0.2) is 8.42 Å². The van der Waals surface area contributed by atoms with Crippen LogP contribution in [0, 0.1) is 0 Å². The van der Waals surface area contributed by atoms with Crippen LogP contribution in [0.3, 0.4) is 0 Å². The third-order valence-electron chi connectivity index (χ3n) is 5.66. The van der Waals surface area contributed by atoms with Gasteiger partial charge in [0.15, 0.2) is 11.5 Å². The number of rotatable bonds is 12. The summed E-state index contributed by atoms with van der Waals surface area (Å²) in [5, 5.41) is 0. The largest absolute Gasteiger partial charge is 0.494 e. The number of hydrogen-bond donors (Lipinski definition) is 0. The maximum atomic E-state index is 13.7. The quantitative estimate of drug-likeness (QED) is 0.306. The fraction of sp³-hybridized carbons (Fsp3) is 0.296. The average molecular weight is 545 g/mol. The molecule has 3 rings (SSSR count). The topological polar surface area (TPSA) is 85.4 Å². The number of amides is 1. The zero-order valence-electron chi connectivity index (χ0n) is 21.6. The van der Waals surface area contributed by atoms with E-state index in [1.54, 1.807) is 81.9 Å². The van der Waals surface area contributed by atoms with Crippen LogP contribution >= 0.6 is 11.8 Å². The van der Waals surface area contributed by atoms with Crippen molar-refractivity contribution in [3.05, 3.63) is 72.3 Å². The molecule has 0 aromatic heterocycles. The fourth-order valence-corrected chi connectivity index (χ4v) is 5.47. The number of nitrogens with zero attached hydrogens (tertiary/aromatic N) is 2. The van der Waals surface area contributed by atoms with E-state index in [-0.39, 0.29) is 23.9 Å². The first-order valence-corrected chi connectivity index (χ1v) is 14.2. The second-order valence-electron chi connectivity index (χ2n) is 8.05. The van der Waals surface area contributed by atoms with E-state index in [9.17, 15) is 13.2 Å². The van der Waals surface area contributed by atoms with E-state index in [0.29, 0.717) is 29.5 Å². The maximum Gasteiger partial charge on any atom is 0.264 e. The number of ether oxygens (including phenoxy) is 3. The second kappa shape index (κ2) is 12.7. The number of benzene rings is 3. The van der Waals surface area contributed by atoms with Crippen LogP contribution in [0.5, 0.6) is 17.2 Å². The van der Waals surface area contributed by atoms with Crippen LogP contribution in [0.1, 0.15) is 12.5 Å². The first-order chi connectivity index (χ1) is 17.7. The lowest BCUT2D eigenvalue weighted by atomic mass is 10.2. The monoisotopic (exact) mass is 544 g/mol. The molecule has 0 saturated carbocycles. The first kappa shape index (κ1) is 28.2. The summed E-state index contributed by atoms with van der Waals surface area (Å²) < 4.78 is 44.6. The molecule has 10 heteroatoms. The zero-order chi connectivity index (χ0) is 27.0. The lowest BCUT2D eigenvalue weighted by Crippen LogP contribution is -2.41. The Morgan fingerprint density at radius 1 is 0.919 bits per heavy atom. The van der Waals surface area contributed by atoms with Crippen molar-refractivity contribution in [1.82, 2.24) is 4.90 Å². The van der Waals surface area contributed by atoms with E-state index in [4.69, 9.17) is 14.2 Å². The molecule has 0 N–H and O–H groups in total. The van der Waals surface area contributed by atoms with Gasteiger partial charge in [0.1, 0.15) is 12.3 Å². The van der Waals surface area contributed by atoms with Gasteiger partial charge in [-0.15, -0.1) is 11.8 Å². The summed E-state index contributed by atoms with van der Waals surface area (Å²) in [6.45, 7) is 2.25. The number of thioether (sulfide) groups is 1. The van der Waals surface area contributed by atoms with Crippen molar-refractivity contribution in [1.29, 1.82) is 0 Å². The summed E-state index contributed by atoms with van der Waals surface area (Å²) in [6, 6.07) is 18.7. The third-order valence-corrected chi connectivity index (χ3v) is 8.19. The SMILES string of the molecule is CCOc1ccc(N(CC(=O)N(C)Cc2ccc(OC)c(OC)c2)S(=O)(=O)c2ccc(SC)cc2)cc1. The number of hydrogen-bond acceptors (Lipinski definition) is 7. The van der Waals surface area contributed by atoms with E-state index in [1.807, 2.05) is 19.2 Å². The highest BCUT2D eigenvalue weighted by Gasteiger charge is 2.28. The Balaban J connectivity index is 1.89. The Kier molecular flexibility index (Phi) is 9.71. The molecule has 1 amide bonds. The van der Waals surface area contributed by atoms with E-state index >= 15 is 0 Å². The summed E-state index contributed by atoms with van der Waals surface area (Å²) in [5.41, 5.74) is 1.18. The second-order valence-corrected chi connectivity index (χ2v) is 10.8. The maximum absolute atomic E-state index is 13.7. The highest BCUT2D eigenvalue weighted by molar-refractivity contribution is 7.98. The zero-order valence-corrected chi connectivity index (χ0v) is 23.3. The van der Waals surface area contributed by atoms with Gasteiger partial charge < -0.3 is 19.1 Å². The minimum Gasteiger partial charge on any atom is -0.494 e. The average Bonchev–Trinajstić information content (AvgIpc) is 2.92. The van der Waals surface area contributed by atoms with Crippen LogP contribution in [-0.2, 0) is 21.4 Å². The van der Waals surface area contributed by atoms with Crippen LogP contribution in [0.2, 0.25) is 0 Å². The highest BCUT2D eigenvalue weighted by Crippen LogP contribution is 2.29. The van der Waals surface area contributed by atoms with Crippen molar-refractivity contribution in [2.75, 3.05) is 45.0 Å². The predicted octanol–water partition coefficient (Wildman–Crippen LogP) is 4.68. The van der Waals surface area contributed by atoms with Gasteiger partial charge in [-0.3, -0.25) is 9.10 Å². The van der Waals surface area contributed by atoms with Crippen molar-refractivity contribution in [3.63, 3.8) is 0 Å². The molecule has 0 spiro atoms. The smallest absolute Gasteiger partial charge is 0.264 e. The first-order valence-electron chi connectivity index (χ1n) is 11.6. The van der Waals surface area contributed by atoms with Crippen LogP contribution in [-0.4, -0.2) is 59.9 Å². The Hall–Kier alpha value is -3.37. The van der Waals surface area contributed by atoms with Gasteiger partial charge in [0.05, 0.1) is 31.4 Å². The number of carbonyl (C=O) groups excluding carboxylic acids is 1. The van der Waals surface area contributed by atoms with Crippen molar-refractivity contribution in [2.24, 2.45) is 0 Å². The Bertz CT molecular complexity index is 1300. The standard InChI is InChI=1S/C27H32N2O6S2/c1-6-35-22-10-8-21(9-11-22)29(37(31,32)24-14-12-23(36-5)13-15-24)19-27(30)28(2)18-20-7-16-25(33-3)26(17-20)34-4/h7-17H,6,18-19H2,1-5H3. The van der Waals surface area contributed by atoms with E-state index in [2.05, 4.69) is 0 Å². The molecule has 8 nitrogen and oxygen atoms in total. The predicted molar refractivity (Wildman–Crippen MR) is 146 cm³/mol. The molecule has 0 atom stereocenters. The van der Waals surface area contributed by atoms with Gasteiger partial charge in [-0.2, -0.15) is 0 Å². The molecule has 0 aliphatic carbocycles. The normalized spacial score (nSPS) is 11.1. The number of anilines is 1. The molecule has 0 bridgehead atoms. The molecular weight excluding hydrogens is 512 g/mol. The number of carbonyl (C=O) groups is 1. The lowest BCUT2D eigenvalue weighted by molar-refractivity contribution is -0.128. The number of sulfonamides is 1. The van der Waals surface area contributed by atoms with Gasteiger partial charge >= 0.3 is 0 Å². The Morgan fingerprint density at radius 3 is 2.14 bits per heavy atom. The minimum absolute atomic E-state index is 0.106. The van der Waals surface area contributed by atoms with Crippen LogP contribution < -0.4 is 18.5 Å². The molecule has 0 unspecified atom stereocenters. The molecule has 0 radical (unpaired) electrons. The van der Waals surface area contributed by atoms with E-state index < -0.39 is 10.0 Å². The Morgan fingerprint density at radius 2 is 1.57 bits per heavy atom. The third kappa shape index (κ3) is 6.90. The minimum atomic E-state index is -4.03. The van der Waals surface area contributed by atoms with Crippen LogP contribution in [0.25, 0.3) is 0 Å². The van der Waals surface area contributed by atoms with Crippen molar-refractivity contribution in [3.8, 4) is 17.2 Å². The fourth-order valence-electron chi connectivity index (χ4n) is 3.65. The summed E-state index contributed by atoms with van der Waals surface area (Å²) >= 11 is 1.52. The number of methoxy groups -OCH3 is 2. The molecule has 0 fully saturated rings. The van der Waals surface area contributed by atoms with Gasteiger partial charge in [0.25, 0.3) is 10.0 Å². The van der Waals surface area contributed by atoms with Crippen LogP contribution in [0.4, 0.5) is 5.69 Å². The van der Waals surface area contributed by atoms with Crippen LogP contribution in [0.15, 0.2) is 76.5 Å². The molecule has 0 heterocycles. The van der Waals surface area contributed by atoms with Gasteiger partial charge in [-0.05, 0) is 79.4 Å². The lowest BCUT2D eigenvalue weighted by Gasteiger charge is -2.27. The van der Waals surface area contributed by atoms with Crippen molar-refractivity contribution in [2.45, 2.75) is 23.3 Å². The van der Waals surface area contributed by atoms with Crippen molar-refractivity contribution < 1.29 is 27.4 Å². The number of likely N-dealkylation sites (N-methyl/N-ethyl adjacent to an activating group) is 1. The van der Waals surface area contributed by atoms with E-state index in [0.717, 1.165) is 14.8 Å². The molecule has 37 heavy (non-hydrogen) atoms. The summed E-state index contributed by atoms with van der Waals surface area (Å²) in [4.78, 5) is 15.8. The molecule has 198 valence electrons.